The van der Waals surface area contributed by atoms with E-state index >= 15 is 0 Å². The van der Waals surface area contributed by atoms with Crippen LogP contribution in [0.1, 0.15) is 34.9 Å². The van der Waals surface area contributed by atoms with Crippen molar-refractivity contribution in [1.82, 2.24) is 24.6 Å². The lowest BCUT2D eigenvalue weighted by Crippen LogP contribution is -2.08. The molecule has 7 nitrogen and oxygen atoms in total. The number of aromatic nitrogens is 5. The molecule has 5 rings (SSSR count). The van der Waals surface area contributed by atoms with Crippen molar-refractivity contribution in [3.05, 3.63) is 65.4 Å². The Morgan fingerprint density at radius 3 is 2.58 bits per heavy atom. The van der Waals surface area contributed by atoms with Crippen LogP contribution in [0.3, 0.4) is 0 Å². The van der Waals surface area contributed by atoms with E-state index in [4.69, 9.17) is 9.47 Å². The molecule has 0 bridgehead atoms. The van der Waals surface area contributed by atoms with Crippen molar-refractivity contribution < 1.29 is 27.0 Å². The Labute approximate surface area is 185 Å². The lowest BCUT2D eigenvalue weighted by atomic mass is 10.0. The Morgan fingerprint density at radius 2 is 1.88 bits per heavy atom. The van der Waals surface area contributed by atoms with Gasteiger partial charge in [0.25, 0.3) is 0 Å². The molecule has 1 aliphatic rings. The Morgan fingerprint density at radius 1 is 1.06 bits per heavy atom. The van der Waals surface area contributed by atoms with Gasteiger partial charge in [-0.15, -0.1) is 0 Å². The summed E-state index contributed by atoms with van der Waals surface area (Å²) < 4.78 is 64.8. The molecule has 1 aromatic carbocycles. The standard InChI is InChI=1S/C22H17F4N5O2/c1-32-20-15(10-28-21(29-20)33-2)18-9-14(19-27-5-6-31(19)30-18)13-8-12(13)11-3-4-16(17(23)7-11)22(24,25)26/h3-7,9-10,12-13H,8H2,1-2H3/t12?,13-/m0/s1. The number of fused-ring (bicyclic) bond motifs is 1. The Hall–Kier alpha value is -3.76. The molecule has 0 radical (unpaired) electrons. The van der Waals surface area contributed by atoms with Gasteiger partial charge in [-0.05, 0) is 42.0 Å². The molecule has 1 aliphatic carbocycles. The number of methoxy groups -OCH3 is 2. The fraction of sp³-hybridized carbons (Fsp3) is 0.273. The van der Waals surface area contributed by atoms with Gasteiger partial charge in [-0.25, -0.2) is 18.9 Å². The van der Waals surface area contributed by atoms with E-state index in [0.717, 1.165) is 17.7 Å². The van der Waals surface area contributed by atoms with Gasteiger partial charge in [-0.2, -0.15) is 23.3 Å². The molecule has 2 atom stereocenters. The monoisotopic (exact) mass is 459 g/mol. The molecule has 1 fully saturated rings. The van der Waals surface area contributed by atoms with Crippen LogP contribution in [0.4, 0.5) is 17.6 Å². The van der Waals surface area contributed by atoms with Crippen LogP contribution in [0.25, 0.3) is 16.9 Å². The number of ether oxygens (including phenoxy) is 2. The van der Waals surface area contributed by atoms with Gasteiger partial charge in [0, 0.05) is 24.2 Å². The smallest absolute Gasteiger partial charge is 0.419 e. The molecule has 170 valence electrons. The van der Waals surface area contributed by atoms with Gasteiger partial charge in [0.15, 0.2) is 5.65 Å². The molecule has 0 amide bonds. The van der Waals surface area contributed by atoms with Gasteiger partial charge in [-0.1, -0.05) is 6.07 Å². The number of hydrogen-bond acceptors (Lipinski definition) is 6. The largest absolute Gasteiger partial charge is 0.480 e. The quantitative estimate of drug-likeness (QED) is 0.405. The van der Waals surface area contributed by atoms with E-state index in [1.165, 1.54) is 26.5 Å². The molecule has 33 heavy (non-hydrogen) atoms. The number of imidazole rings is 1. The third-order valence-electron chi connectivity index (χ3n) is 5.69. The maximum atomic E-state index is 14.1. The van der Waals surface area contributed by atoms with Crippen LogP contribution in [-0.4, -0.2) is 38.8 Å². The first-order valence-corrected chi connectivity index (χ1v) is 9.96. The zero-order valence-electron chi connectivity index (χ0n) is 17.5. The van der Waals surface area contributed by atoms with E-state index in [2.05, 4.69) is 20.1 Å². The van der Waals surface area contributed by atoms with Gasteiger partial charge in [-0.3, -0.25) is 0 Å². The van der Waals surface area contributed by atoms with E-state index in [-0.39, 0.29) is 23.7 Å². The number of benzene rings is 1. The van der Waals surface area contributed by atoms with E-state index in [1.807, 2.05) is 6.07 Å². The first-order valence-electron chi connectivity index (χ1n) is 9.96. The van der Waals surface area contributed by atoms with Crippen molar-refractivity contribution in [2.24, 2.45) is 0 Å². The van der Waals surface area contributed by atoms with Gasteiger partial charge >= 0.3 is 12.2 Å². The minimum Gasteiger partial charge on any atom is -0.480 e. The minimum atomic E-state index is -4.73. The Kier molecular flexibility index (Phi) is 4.91. The fourth-order valence-corrected chi connectivity index (χ4v) is 4.03. The summed E-state index contributed by atoms with van der Waals surface area (Å²) in [6.07, 6.45) is 0.746. The predicted octanol–water partition coefficient (Wildman–Crippen LogP) is 4.63. The summed E-state index contributed by atoms with van der Waals surface area (Å²) in [4.78, 5) is 12.7. The molecule has 3 aromatic heterocycles. The normalized spacial score (nSPS) is 17.9. The highest BCUT2D eigenvalue weighted by Gasteiger charge is 2.43. The molecule has 4 aromatic rings. The number of halogens is 4. The van der Waals surface area contributed by atoms with Crippen LogP contribution >= 0.6 is 0 Å². The highest BCUT2D eigenvalue weighted by atomic mass is 19.4. The maximum absolute atomic E-state index is 14.1. The molecule has 11 heteroatoms. The van der Waals surface area contributed by atoms with Gasteiger partial charge in [0.1, 0.15) is 5.82 Å². The Balaban J connectivity index is 1.53. The van der Waals surface area contributed by atoms with Crippen LogP contribution in [-0.2, 0) is 6.18 Å². The summed E-state index contributed by atoms with van der Waals surface area (Å²) in [5.74, 6) is -1.19. The van der Waals surface area contributed by atoms with E-state index in [9.17, 15) is 17.6 Å². The fourth-order valence-electron chi connectivity index (χ4n) is 4.03. The van der Waals surface area contributed by atoms with Crippen LogP contribution in [0.2, 0.25) is 0 Å². The number of alkyl halides is 3. The second kappa shape index (κ2) is 7.68. The van der Waals surface area contributed by atoms with Crippen molar-refractivity contribution in [2.45, 2.75) is 24.4 Å². The lowest BCUT2D eigenvalue weighted by molar-refractivity contribution is -0.140. The van der Waals surface area contributed by atoms with Gasteiger partial charge in [0.05, 0.1) is 31.0 Å². The third-order valence-corrected chi connectivity index (χ3v) is 5.69. The summed E-state index contributed by atoms with van der Waals surface area (Å²) in [6.45, 7) is 0. The highest BCUT2D eigenvalue weighted by Crippen LogP contribution is 2.56. The summed E-state index contributed by atoms with van der Waals surface area (Å²) >= 11 is 0. The second-order valence-electron chi connectivity index (χ2n) is 7.65. The first-order chi connectivity index (χ1) is 15.8. The van der Waals surface area contributed by atoms with Crippen LogP contribution in [0.5, 0.6) is 11.9 Å². The van der Waals surface area contributed by atoms with Crippen molar-refractivity contribution in [3.63, 3.8) is 0 Å². The average molecular weight is 459 g/mol. The van der Waals surface area contributed by atoms with Gasteiger partial charge in [0.2, 0.25) is 5.88 Å². The van der Waals surface area contributed by atoms with E-state index in [0.29, 0.717) is 28.9 Å². The van der Waals surface area contributed by atoms with Gasteiger partial charge < -0.3 is 9.47 Å². The zero-order valence-corrected chi connectivity index (χ0v) is 17.5. The molecule has 0 aliphatic heterocycles. The number of rotatable bonds is 5. The van der Waals surface area contributed by atoms with Crippen LogP contribution < -0.4 is 9.47 Å². The summed E-state index contributed by atoms with van der Waals surface area (Å²) in [6, 6.07) is 5.08. The first kappa shape index (κ1) is 21.1. The molecule has 0 N–H and O–H groups in total. The van der Waals surface area contributed by atoms with E-state index < -0.39 is 17.6 Å². The summed E-state index contributed by atoms with van der Waals surface area (Å²) in [7, 11) is 2.91. The topological polar surface area (TPSA) is 74.4 Å². The molecular weight excluding hydrogens is 442 g/mol. The molecule has 1 unspecified atom stereocenters. The zero-order chi connectivity index (χ0) is 23.3. The summed E-state index contributed by atoms with van der Waals surface area (Å²) in [5, 5.41) is 4.56. The second-order valence-corrected chi connectivity index (χ2v) is 7.65. The van der Waals surface area contributed by atoms with Crippen molar-refractivity contribution in [2.75, 3.05) is 14.2 Å². The minimum absolute atomic E-state index is 0.0575. The summed E-state index contributed by atoms with van der Waals surface area (Å²) in [5.41, 5.74) is 1.77. The van der Waals surface area contributed by atoms with Crippen LogP contribution in [0.15, 0.2) is 42.9 Å². The maximum Gasteiger partial charge on any atom is 0.419 e. The molecular formula is C22H17F4N5O2. The molecule has 0 spiro atoms. The number of nitrogens with zero attached hydrogens (tertiary/aromatic N) is 5. The molecule has 1 saturated carbocycles. The highest BCUT2D eigenvalue weighted by molar-refractivity contribution is 5.68. The third kappa shape index (κ3) is 3.73. The average Bonchev–Trinajstić information content (AvgIpc) is 3.45. The van der Waals surface area contributed by atoms with Crippen molar-refractivity contribution >= 4 is 5.65 Å². The molecule has 3 heterocycles. The van der Waals surface area contributed by atoms with Crippen molar-refractivity contribution in [3.8, 4) is 23.1 Å². The number of hydrogen-bond donors (Lipinski definition) is 0. The van der Waals surface area contributed by atoms with E-state index in [1.54, 1.807) is 16.9 Å². The molecule has 0 saturated heterocycles. The van der Waals surface area contributed by atoms with Crippen molar-refractivity contribution in [1.29, 1.82) is 0 Å². The lowest BCUT2D eigenvalue weighted by Gasteiger charge is -2.11. The predicted molar refractivity (Wildman–Crippen MR) is 109 cm³/mol. The Bertz CT molecular complexity index is 1350. The SMILES string of the molecule is COc1ncc(-c2cc([C@H]3CC3c3ccc(C(F)(F)F)c(F)c3)c3nccn3n2)c(OC)n1. The van der Waals surface area contributed by atoms with Crippen LogP contribution in [0, 0.1) is 5.82 Å².